The maximum absolute atomic E-state index is 11.9. The van der Waals surface area contributed by atoms with Gasteiger partial charge in [0, 0.05) is 6.04 Å². The summed E-state index contributed by atoms with van der Waals surface area (Å²) in [7, 11) is -7.09. The Balaban J connectivity index is 2.75. The molecule has 3 unspecified atom stereocenters. The van der Waals surface area contributed by atoms with Crippen LogP contribution in [0.3, 0.4) is 0 Å². The highest BCUT2D eigenvalue weighted by Gasteiger charge is 2.38. The zero-order valence-corrected chi connectivity index (χ0v) is 11.8. The Morgan fingerprint density at radius 1 is 1.39 bits per heavy atom. The molecule has 0 aromatic carbocycles. The number of sulfonamides is 1. The molecule has 0 saturated carbocycles. The summed E-state index contributed by atoms with van der Waals surface area (Å²) < 4.78 is 48.5. The summed E-state index contributed by atoms with van der Waals surface area (Å²) in [4.78, 5) is 10.7. The minimum Gasteiger partial charge on any atom is -0.481 e. The van der Waals surface area contributed by atoms with E-state index >= 15 is 0 Å². The first-order valence-corrected chi connectivity index (χ1v) is 8.86. The van der Waals surface area contributed by atoms with Gasteiger partial charge in [-0.3, -0.25) is 4.79 Å². The van der Waals surface area contributed by atoms with E-state index in [1.54, 1.807) is 0 Å². The van der Waals surface area contributed by atoms with Gasteiger partial charge in [-0.1, -0.05) is 6.92 Å². The molecule has 106 valence electrons. The fourth-order valence-electron chi connectivity index (χ4n) is 1.68. The number of hydrogen-bond donors (Lipinski definition) is 2. The zero-order chi connectivity index (χ0) is 14.1. The maximum atomic E-state index is 11.9. The van der Waals surface area contributed by atoms with Gasteiger partial charge >= 0.3 is 5.97 Å². The summed E-state index contributed by atoms with van der Waals surface area (Å²) >= 11 is 0. The van der Waals surface area contributed by atoms with E-state index < -0.39 is 48.8 Å². The Bertz CT molecular complexity index is 523. The van der Waals surface area contributed by atoms with Crippen molar-refractivity contribution in [3.05, 3.63) is 0 Å². The smallest absolute Gasteiger partial charge is 0.307 e. The molecule has 1 fully saturated rings. The van der Waals surface area contributed by atoms with Gasteiger partial charge in [0.25, 0.3) is 0 Å². The second-order valence-electron chi connectivity index (χ2n) is 4.60. The molecule has 0 radical (unpaired) electrons. The first kappa shape index (κ1) is 15.4. The summed E-state index contributed by atoms with van der Waals surface area (Å²) in [6.45, 7) is 2.83. The fraction of sp³-hybridized carbons (Fsp3) is 0.889. The van der Waals surface area contributed by atoms with E-state index in [1.165, 1.54) is 13.8 Å². The molecule has 2 N–H and O–H groups in total. The van der Waals surface area contributed by atoms with Crippen LogP contribution in [0.15, 0.2) is 0 Å². The van der Waals surface area contributed by atoms with Crippen molar-refractivity contribution in [2.45, 2.75) is 31.6 Å². The predicted molar refractivity (Wildman–Crippen MR) is 65.4 cm³/mol. The van der Waals surface area contributed by atoms with E-state index in [0.717, 1.165) is 0 Å². The number of carboxylic acids is 1. The van der Waals surface area contributed by atoms with Crippen LogP contribution < -0.4 is 4.72 Å². The molecule has 0 bridgehead atoms. The predicted octanol–water partition coefficient (Wildman–Crippen LogP) is -0.798. The highest BCUT2D eigenvalue weighted by molar-refractivity contribution is 7.95. The Morgan fingerprint density at radius 2 is 1.94 bits per heavy atom. The normalized spacial score (nSPS) is 26.7. The molecule has 0 aliphatic carbocycles. The van der Waals surface area contributed by atoms with E-state index in [0.29, 0.717) is 0 Å². The van der Waals surface area contributed by atoms with Crippen LogP contribution in [0.1, 0.15) is 20.3 Å². The lowest BCUT2D eigenvalue weighted by Gasteiger charge is -2.20. The molecule has 0 amide bonds. The van der Waals surface area contributed by atoms with Gasteiger partial charge in [-0.15, -0.1) is 0 Å². The van der Waals surface area contributed by atoms with Gasteiger partial charge in [0.2, 0.25) is 10.0 Å². The van der Waals surface area contributed by atoms with Crippen LogP contribution in [0, 0.1) is 5.92 Å². The van der Waals surface area contributed by atoms with Gasteiger partial charge in [0.15, 0.2) is 9.84 Å². The first-order valence-electron chi connectivity index (χ1n) is 5.49. The van der Waals surface area contributed by atoms with Crippen molar-refractivity contribution in [1.82, 2.24) is 4.72 Å². The Morgan fingerprint density at radius 3 is 2.33 bits per heavy atom. The van der Waals surface area contributed by atoms with E-state index in [2.05, 4.69) is 4.72 Å². The van der Waals surface area contributed by atoms with E-state index in [4.69, 9.17) is 5.11 Å². The highest BCUT2D eigenvalue weighted by atomic mass is 32.2. The summed E-state index contributed by atoms with van der Waals surface area (Å²) in [5.74, 6) is -2.51. The van der Waals surface area contributed by atoms with Crippen molar-refractivity contribution in [3.8, 4) is 0 Å². The van der Waals surface area contributed by atoms with Crippen LogP contribution in [0.5, 0.6) is 0 Å². The van der Waals surface area contributed by atoms with Crippen LogP contribution in [0.2, 0.25) is 0 Å². The van der Waals surface area contributed by atoms with Crippen LogP contribution in [-0.2, 0) is 24.7 Å². The minimum absolute atomic E-state index is 0.0613. The molecule has 0 spiro atoms. The molecular weight excluding hydrogens is 282 g/mol. The minimum atomic E-state index is -3.80. The number of hydrogen-bond acceptors (Lipinski definition) is 5. The van der Waals surface area contributed by atoms with Gasteiger partial charge in [-0.25, -0.2) is 21.6 Å². The zero-order valence-electron chi connectivity index (χ0n) is 10.2. The SMILES string of the molecule is CC(NS(=O)(=O)C1CCS(=O)(=O)C1)C(C)C(=O)O. The largest absolute Gasteiger partial charge is 0.481 e. The molecule has 0 aromatic rings. The van der Waals surface area contributed by atoms with Crippen LogP contribution in [-0.4, -0.2) is 50.7 Å². The number of carboxylic acid groups (broad SMARTS) is 1. The molecule has 1 heterocycles. The molecule has 1 rings (SSSR count). The third kappa shape index (κ3) is 3.66. The fourth-order valence-corrected chi connectivity index (χ4v) is 6.05. The summed E-state index contributed by atoms with van der Waals surface area (Å²) in [5.41, 5.74) is 0. The van der Waals surface area contributed by atoms with E-state index in [1.807, 2.05) is 0 Å². The summed E-state index contributed by atoms with van der Waals surface area (Å²) in [5, 5.41) is 7.79. The van der Waals surface area contributed by atoms with Gasteiger partial charge in [0.05, 0.1) is 22.7 Å². The molecule has 3 atom stereocenters. The second-order valence-corrected chi connectivity index (χ2v) is 8.82. The number of nitrogens with one attached hydrogen (secondary N) is 1. The standard InChI is InChI=1S/C9H17NO6S2/c1-6(9(11)12)7(2)10-18(15,16)8-3-4-17(13,14)5-8/h6-8,10H,3-5H2,1-2H3,(H,11,12). The number of sulfone groups is 1. The molecule has 7 nitrogen and oxygen atoms in total. The van der Waals surface area contributed by atoms with Gasteiger partial charge < -0.3 is 5.11 Å². The van der Waals surface area contributed by atoms with Gasteiger partial charge in [0.1, 0.15) is 0 Å². The van der Waals surface area contributed by atoms with Crippen molar-refractivity contribution in [2.75, 3.05) is 11.5 Å². The van der Waals surface area contributed by atoms with Crippen LogP contribution in [0.4, 0.5) is 0 Å². The van der Waals surface area contributed by atoms with Crippen molar-refractivity contribution in [1.29, 1.82) is 0 Å². The Labute approximate surface area is 107 Å². The third-order valence-corrected chi connectivity index (χ3v) is 7.08. The highest BCUT2D eigenvalue weighted by Crippen LogP contribution is 2.19. The monoisotopic (exact) mass is 299 g/mol. The summed E-state index contributed by atoms with van der Waals surface area (Å²) in [6.07, 6.45) is 0.0613. The maximum Gasteiger partial charge on any atom is 0.307 e. The molecule has 1 saturated heterocycles. The quantitative estimate of drug-likeness (QED) is 0.686. The van der Waals surface area contributed by atoms with E-state index in [9.17, 15) is 21.6 Å². The van der Waals surface area contributed by atoms with Crippen LogP contribution >= 0.6 is 0 Å². The molecular formula is C9H17NO6S2. The number of aliphatic carboxylic acids is 1. The van der Waals surface area contributed by atoms with Crippen molar-refractivity contribution >= 4 is 25.8 Å². The molecule has 9 heteroatoms. The Hall–Kier alpha value is -0.670. The molecule has 1 aliphatic heterocycles. The van der Waals surface area contributed by atoms with Crippen LogP contribution in [0.25, 0.3) is 0 Å². The lowest BCUT2D eigenvalue weighted by Crippen LogP contribution is -2.44. The van der Waals surface area contributed by atoms with Crippen molar-refractivity contribution < 1.29 is 26.7 Å². The van der Waals surface area contributed by atoms with Crippen molar-refractivity contribution in [3.63, 3.8) is 0 Å². The molecule has 0 aromatic heterocycles. The van der Waals surface area contributed by atoms with Crippen molar-refractivity contribution in [2.24, 2.45) is 5.92 Å². The lowest BCUT2D eigenvalue weighted by atomic mass is 10.1. The number of rotatable bonds is 5. The lowest BCUT2D eigenvalue weighted by molar-refractivity contribution is -0.141. The second kappa shape index (κ2) is 5.14. The third-order valence-electron chi connectivity index (χ3n) is 3.12. The van der Waals surface area contributed by atoms with Gasteiger partial charge in [-0.05, 0) is 13.3 Å². The topological polar surface area (TPSA) is 118 Å². The van der Waals surface area contributed by atoms with Gasteiger partial charge in [-0.2, -0.15) is 0 Å². The average molecular weight is 299 g/mol. The molecule has 18 heavy (non-hydrogen) atoms. The Kier molecular flexibility index (Phi) is 4.39. The average Bonchev–Trinajstić information content (AvgIpc) is 2.57. The van der Waals surface area contributed by atoms with E-state index in [-0.39, 0.29) is 12.2 Å². The molecule has 1 aliphatic rings. The first-order chi connectivity index (χ1) is 8.05. The number of carbonyl (C=O) groups is 1. The summed E-state index contributed by atoms with van der Waals surface area (Å²) in [6, 6.07) is -0.782.